The van der Waals surface area contributed by atoms with E-state index in [4.69, 9.17) is 9.26 Å². The van der Waals surface area contributed by atoms with Crippen molar-refractivity contribution in [1.82, 2.24) is 10.1 Å². The van der Waals surface area contributed by atoms with Crippen LogP contribution in [0.1, 0.15) is 44.1 Å². The maximum absolute atomic E-state index is 12.9. The summed E-state index contributed by atoms with van der Waals surface area (Å²) in [4.78, 5) is 26.8. The van der Waals surface area contributed by atoms with Crippen molar-refractivity contribution < 1.29 is 18.8 Å². The van der Waals surface area contributed by atoms with Gasteiger partial charge in [-0.1, -0.05) is 28.9 Å². The molecule has 0 aliphatic heterocycles. The third-order valence-electron chi connectivity index (χ3n) is 5.31. The Morgan fingerprint density at radius 3 is 2.38 bits per heavy atom. The number of aromatic nitrogens is 1. The van der Waals surface area contributed by atoms with E-state index in [1.165, 1.54) is 4.90 Å². The van der Waals surface area contributed by atoms with Crippen molar-refractivity contribution in [3.05, 3.63) is 75.7 Å². The molecule has 7 nitrogen and oxygen atoms in total. The monoisotopic (exact) mass is 435 g/mol. The molecule has 0 radical (unpaired) electrons. The molecule has 0 unspecified atom stereocenters. The number of hydrogen-bond acceptors (Lipinski definition) is 5. The molecule has 2 amide bonds. The molecule has 3 aromatic rings. The number of amides is 2. The second-order valence-electron chi connectivity index (χ2n) is 8.10. The molecule has 0 saturated heterocycles. The molecule has 0 fully saturated rings. The fourth-order valence-corrected chi connectivity index (χ4v) is 3.65. The maximum Gasteiger partial charge on any atom is 0.254 e. The summed E-state index contributed by atoms with van der Waals surface area (Å²) in [7, 11) is 1.61. The quantitative estimate of drug-likeness (QED) is 0.590. The Bertz CT molecular complexity index is 1110. The van der Waals surface area contributed by atoms with E-state index >= 15 is 0 Å². The van der Waals surface area contributed by atoms with Gasteiger partial charge in [-0.15, -0.1) is 0 Å². The first kappa shape index (κ1) is 23.1. The first-order valence-electron chi connectivity index (χ1n) is 10.4. The van der Waals surface area contributed by atoms with Crippen LogP contribution >= 0.6 is 0 Å². The van der Waals surface area contributed by atoms with Crippen LogP contribution in [0.2, 0.25) is 0 Å². The molecule has 0 saturated carbocycles. The van der Waals surface area contributed by atoms with Crippen molar-refractivity contribution in [2.24, 2.45) is 0 Å². The lowest BCUT2D eigenvalue weighted by Crippen LogP contribution is -2.35. The van der Waals surface area contributed by atoms with Gasteiger partial charge in [0.1, 0.15) is 18.1 Å². The van der Waals surface area contributed by atoms with Crippen molar-refractivity contribution >= 4 is 17.5 Å². The zero-order valence-electron chi connectivity index (χ0n) is 19.4. The highest BCUT2D eigenvalue weighted by molar-refractivity contribution is 6.00. The largest absolute Gasteiger partial charge is 0.489 e. The highest BCUT2D eigenvalue weighted by atomic mass is 16.5. The number of nitrogens with zero attached hydrogens (tertiary/aromatic N) is 2. The number of benzene rings is 2. The Hall–Kier alpha value is -3.61. The summed E-state index contributed by atoms with van der Waals surface area (Å²) in [5.74, 6) is 0.751. The van der Waals surface area contributed by atoms with E-state index in [1.54, 1.807) is 31.3 Å². The van der Waals surface area contributed by atoms with E-state index in [-0.39, 0.29) is 18.4 Å². The van der Waals surface area contributed by atoms with Gasteiger partial charge in [-0.05, 0) is 63.9 Å². The predicted octanol–water partition coefficient (Wildman–Crippen LogP) is 4.51. The molecular weight excluding hydrogens is 406 g/mol. The second-order valence-corrected chi connectivity index (χ2v) is 8.10. The van der Waals surface area contributed by atoms with Crippen molar-refractivity contribution in [3.63, 3.8) is 0 Å². The Labute approximate surface area is 188 Å². The van der Waals surface area contributed by atoms with E-state index in [2.05, 4.69) is 10.5 Å². The molecule has 0 aliphatic rings. The number of aryl methyl sites for hydroxylation is 5. The van der Waals surface area contributed by atoms with Gasteiger partial charge < -0.3 is 19.5 Å². The number of carbonyl (C=O) groups is 2. The van der Waals surface area contributed by atoms with Gasteiger partial charge in [-0.25, -0.2) is 0 Å². The lowest BCUT2D eigenvalue weighted by molar-refractivity contribution is -0.116. The molecule has 168 valence electrons. The molecular formula is C25H29N3O4. The van der Waals surface area contributed by atoms with Crippen LogP contribution < -0.4 is 10.1 Å². The number of anilines is 1. The van der Waals surface area contributed by atoms with Gasteiger partial charge in [0.25, 0.3) is 5.91 Å². The molecule has 1 heterocycles. The Balaban J connectivity index is 1.63. The third-order valence-corrected chi connectivity index (χ3v) is 5.31. The Morgan fingerprint density at radius 1 is 1.06 bits per heavy atom. The smallest absolute Gasteiger partial charge is 0.254 e. The average Bonchev–Trinajstić information content (AvgIpc) is 3.06. The Kier molecular flexibility index (Phi) is 6.98. The second kappa shape index (κ2) is 9.68. The summed E-state index contributed by atoms with van der Waals surface area (Å²) >= 11 is 0. The maximum atomic E-state index is 12.9. The molecule has 2 aromatic carbocycles. The minimum Gasteiger partial charge on any atom is -0.489 e. The first-order chi connectivity index (χ1) is 15.2. The van der Waals surface area contributed by atoms with Gasteiger partial charge in [-0.3, -0.25) is 9.59 Å². The topological polar surface area (TPSA) is 84.7 Å². The normalized spacial score (nSPS) is 10.7. The molecule has 0 spiro atoms. The van der Waals surface area contributed by atoms with Gasteiger partial charge in [0.05, 0.1) is 17.8 Å². The van der Waals surface area contributed by atoms with E-state index in [0.717, 1.165) is 33.6 Å². The minimum absolute atomic E-state index is 0.0598. The SMILES string of the molecule is Cc1cc(C)c(NC(=O)CN(C)C(=O)c2cccc(OCc3c(C)noc3C)c2)c(C)c1. The molecule has 7 heteroatoms. The summed E-state index contributed by atoms with van der Waals surface area (Å²) in [6.45, 7) is 9.86. The number of ether oxygens (including phenoxy) is 1. The third kappa shape index (κ3) is 5.35. The van der Waals surface area contributed by atoms with Crippen LogP contribution in [0.25, 0.3) is 0 Å². The predicted molar refractivity (Wildman–Crippen MR) is 123 cm³/mol. The van der Waals surface area contributed by atoms with E-state index in [0.29, 0.717) is 23.7 Å². The van der Waals surface area contributed by atoms with Gasteiger partial charge >= 0.3 is 0 Å². The zero-order valence-corrected chi connectivity index (χ0v) is 19.4. The highest BCUT2D eigenvalue weighted by Gasteiger charge is 2.17. The molecule has 0 aliphatic carbocycles. The van der Waals surface area contributed by atoms with Crippen LogP contribution in [0.15, 0.2) is 40.9 Å². The minimum atomic E-state index is -0.264. The van der Waals surface area contributed by atoms with Gasteiger partial charge in [0, 0.05) is 18.3 Å². The summed E-state index contributed by atoms with van der Waals surface area (Å²) in [6.07, 6.45) is 0. The fraction of sp³-hybridized carbons (Fsp3) is 0.320. The number of carbonyl (C=O) groups excluding carboxylic acids is 2. The molecule has 1 N–H and O–H groups in total. The Morgan fingerprint density at radius 2 is 1.75 bits per heavy atom. The van der Waals surface area contributed by atoms with Crippen molar-refractivity contribution in [3.8, 4) is 5.75 Å². The van der Waals surface area contributed by atoms with Crippen LogP contribution in [0.3, 0.4) is 0 Å². The lowest BCUT2D eigenvalue weighted by Gasteiger charge is -2.19. The van der Waals surface area contributed by atoms with Crippen LogP contribution in [-0.4, -0.2) is 35.5 Å². The van der Waals surface area contributed by atoms with Crippen molar-refractivity contribution in [1.29, 1.82) is 0 Å². The molecule has 3 rings (SSSR count). The number of nitrogens with one attached hydrogen (secondary N) is 1. The average molecular weight is 436 g/mol. The molecule has 32 heavy (non-hydrogen) atoms. The van der Waals surface area contributed by atoms with Crippen LogP contribution in [0.4, 0.5) is 5.69 Å². The lowest BCUT2D eigenvalue weighted by atomic mass is 10.1. The summed E-state index contributed by atoms with van der Waals surface area (Å²) < 4.78 is 11.0. The van der Waals surface area contributed by atoms with E-state index in [9.17, 15) is 9.59 Å². The first-order valence-corrected chi connectivity index (χ1v) is 10.4. The highest BCUT2D eigenvalue weighted by Crippen LogP contribution is 2.22. The molecule has 0 bridgehead atoms. The van der Waals surface area contributed by atoms with Crippen molar-refractivity contribution in [2.75, 3.05) is 18.9 Å². The zero-order chi connectivity index (χ0) is 23.4. The van der Waals surface area contributed by atoms with Crippen LogP contribution in [0.5, 0.6) is 5.75 Å². The van der Waals surface area contributed by atoms with Crippen LogP contribution in [0, 0.1) is 34.6 Å². The number of likely N-dealkylation sites (N-methyl/N-ethyl adjacent to an activating group) is 1. The van der Waals surface area contributed by atoms with Gasteiger partial charge in [0.2, 0.25) is 5.91 Å². The van der Waals surface area contributed by atoms with Gasteiger partial charge in [-0.2, -0.15) is 0 Å². The van der Waals surface area contributed by atoms with Crippen molar-refractivity contribution in [2.45, 2.75) is 41.2 Å². The van der Waals surface area contributed by atoms with E-state index < -0.39 is 0 Å². The number of rotatable bonds is 7. The summed E-state index contributed by atoms with van der Waals surface area (Å²) in [5, 5.41) is 6.84. The number of hydrogen-bond donors (Lipinski definition) is 1. The summed E-state index contributed by atoms with van der Waals surface area (Å²) in [5.41, 5.74) is 6.02. The van der Waals surface area contributed by atoms with Crippen LogP contribution in [-0.2, 0) is 11.4 Å². The molecule has 1 aromatic heterocycles. The standard InChI is InChI=1S/C25H29N3O4/c1-15-10-16(2)24(17(3)11-15)26-23(29)13-28(6)25(30)20-8-7-9-21(12-20)31-14-22-18(4)27-32-19(22)5/h7-12H,13-14H2,1-6H3,(H,26,29). The fourth-order valence-electron chi connectivity index (χ4n) is 3.65. The molecule has 0 atom stereocenters. The summed E-state index contributed by atoms with van der Waals surface area (Å²) in [6, 6.07) is 10.9. The van der Waals surface area contributed by atoms with Gasteiger partial charge in [0.15, 0.2) is 0 Å². The van der Waals surface area contributed by atoms with E-state index in [1.807, 2.05) is 46.8 Å².